The van der Waals surface area contributed by atoms with E-state index < -0.39 is 22.6 Å². The van der Waals surface area contributed by atoms with Crippen LogP contribution in [0.3, 0.4) is 0 Å². The molecule has 0 atom stereocenters. The third kappa shape index (κ3) is 5.00. The zero-order valence-corrected chi connectivity index (χ0v) is 14.9. The summed E-state index contributed by atoms with van der Waals surface area (Å²) < 4.78 is 14.2. The van der Waals surface area contributed by atoms with Crippen LogP contribution in [0, 0.1) is 15.9 Å². The summed E-state index contributed by atoms with van der Waals surface area (Å²) in [6.45, 7) is 0. The van der Waals surface area contributed by atoms with Gasteiger partial charge < -0.3 is 11.1 Å². The van der Waals surface area contributed by atoms with Crippen molar-refractivity contribution in [2.45, 2.75) is 4.90 Å². The van der Waals surface area contributed by atoms with Gasteiger partial charge >= 0.3 is 0 Å². The van der Waals surface area contributed by atoms with Crippen LogP contribution in [0.1, 0.15) is 10.4 Å². The van der Waals surface area contributed by atoms with E-state index in [0.29, 0.717) is 4.47 Å². The van der Waals surface area contributed by atoms with Crippen LogP contribution in [0.15, 0.2) is 45.8 Å². The van der Waals surface area contributed by atoms with Crippen molar-refractivity contribution in [3.05, 3.63) is 62.4 Å². The first-order chi connectivity index (χ1) is 11.8. The van der Waals surface area contributed by atoms with E-state index in [0.717, 1.165) is 17.8 Å². The lowest BCUT2D eigenvalue weighted by molar-refractivity contribution is -0.387. The molecule has 3 N–H and O–H groups in total. The molecule has 0 aliphatic carbocycles. The Balaban J connectivity index is 2.08. The van der Waals surface area contributed by atoms with Crippen molar-refractivity contribution < 1.29 is 18.9 Å². The van der Waals surface area contributed by atoms with Gasteiger partial charge in [0.25, 0.3) is 5.69 Å². The Morgan fingerprint density at radius 2 is 2.00 bits per heavy atom. The highest BCUT2D eigenvalue weighted by atomic mass is 79.9. The fourth-order valence-electron chi connectivity index (χ4n) is 1.86. The first-order valence-electron chi connectivity index (χ1n) is 6.74. The summed E-state index contributed by atoms with van der Waals surface area (Å²) in [5.74, 6) is -2.10. The molecular weight excluding hydrogens is 417 g/mol. The van der Waals surface area contributed by atoms with Crippen LogP contribution in [0.25, 0.3) is 0 Å². The number of hydrogen-bond acceptors (Lipinski definition) is 5. The fourth-order valence-corrected chi connectivity index (χ4v) is 2.99. The lowest BCUT2D eigenvalue weighted by atomic mass is 10.2. The van der Waals surface area contributed by atoms with Gasteiger partial charge in [0.05, 0.1) is 21.3 Å². The number of amides is 2. The molecule has 2 aromatic rings. The minimum Gasteiger partial charge on any atom is -0.366 e. The van der Waals surface area contributed by atoms with Gasteiger partial charge in [-0.2, -0.15) is 0 Å². The van der Waals surface area contributed by atoms with Gasteiger partial charge in [0.1, 0.15) is 5.82 Å². The van der Waals surface area contributed by atoms with E-state index in [1.54, 1.807) is 6.07 Å². The largest absolute Gasteiger partial charge is 0.366 e. The van der Waals surface area contributed by atoms with Crippen molar-refractivity contribution in [1.29, 1.82) is 0 Å². The molecule has 0 unspecified atom stereocenters. The normalized spacial score (nSPS) is 10.3. The molecule has 2 rings (SSSR count). The van der Waals surface area contributed by atoms with Gasteiger partial charge in [-0.25, -0.2) is 4.39 Å². The number of rotatable bonds is 6. The summed E-state index contributed by atoms with van der Waals surface area (Å²) in [7, 11) is 0. The van der Waals surface area contributed by atoms with Crippen LogP contribution in [0.5, 0.6) is 0 Å². The van der Waals surface area contributed by atoms with Crippen molar-refractivity contribution in [2.24, 2.45) is 5.73 Å². The number of halogens is 2. The zero-order valence-electron chi connectivity index (χ0n) is 12.5. The summed E-state index contributed by atoms with van der Waals surface area (Å²) in [6.07, 6.45) is 0. The number of carbonyl (C=O) groups excluding carboxylic acids is 2. The zero-order chi connectivity index (χ0) is 18.6. The average Bonchev–Trinajstić information content (AvgIpc) is 2.55. The molecule has 7 nitrogen and oxygen atoms in total. The molecule has 0 fully saturated rings. The molecule has 0 saturated heterocycles. The third-order valence-corrected chi connectivity index (χ3v) is 4.56. The average molecular weight is 428 g/mol. The molecule has 25 heavy (non-hydrogen) atoms. The number of nitro benzene ring substituents is 1. The highest BCUT2D eigenvalue weighted by Gasteiger charge is 2.18. The maximum atomic E-state index is 13.7. The minimum atomic E-state index is -0.789. The maximum absolute atomic E-state index is 13.7. The Bertz CT molecular complexity index is 863. The van der Waals surface area contributed by atoms with Gasteiger partial charge in [0.15, 0.2) is 0 Å². The number of nitrogens with one attached hydrogen (secondary N) is 1. The van der Waals surface area contributed by atoms with Crippen molar-refractivity contribution in [2.75, 3.05) is 11.1 Å². The topological polar surface area (TPSA) is 115 Å². The summed E-state index contributed by atoms with van der Waals surface area (Å²) in [5, 5.41) is 13.5. The second-order valence-corrected chi connectivity index (χ2v) is 6.70. The number of anilines is 1. The number of nitro groups is 1. The minimum absolute atomic E-state index is 0.00237. The van der Waals surface area contributed by atoms with Crippen LogP contribution in [-0.4, -0.2) is 22.5 Å². The Hall–Kier alpha value is -2.46. The van der Waals surface area contributed by atoms with Crippen LogP contribution < -0.4 is 11.1 Å². The first-order valence-corrected chi connectivity index (χ1v) is 8.51. The summed E-state index contributed by atoms with van der Waals surface area (Å²) in [5.41, 5.74) is 4.77. The lowest BCUT2D eigenvalue weighted by Crippen LogP contribution is -2.15. The molecule has 2 amide bonds. The standard InChI is InChI=1S/C15H11BrFN3O4S/c16-9-2-3-11(10(17)6-9)19-14(21)7-25-13-4-1-8(15(18)22)5-12(13)20(23)24/h1-6H,7H2,(H2,18,22)(H,19,21). The number of nitrogens with zero attached hydrogens (tertiary/aromatic N) is 1. The Morgan fingerprint density at radius 1 is 1.28 bits per heavy atom. The molecule has 0 bridgehead atoms. The van der Waals surface area contributed by atoms with E-state index >= 15 is 0 Å². The lowest BCUT2D eigenvalue weighted by Gasteiger charge is -2.07. The molecule has 0 aromatic heterocycles. The van der Waals surface area contributed by atoms with E-state index in [4.69, 9.17) is 5.73 Å². The molecule has 0 aliphatic rings. The monoisotopic (exact) mass is 427 g/mol. The maximum Gasteiger partial charge on any atom is 0.283 e. The number of benzene rings is 2. The van der Waals surface area contributed by atoms with E-state index in [-0.39, 0.29) is 27.6 Å². The Kier molecular flexibility index (Phi) is 6.10. The Labute approximate surface area is 154 Å². The van der Waals surface area contributed by atoms with Gasteiger partial charge in [-0.05, 0) is 30.3 Å². The SMILES string of the molecule is NC(=O)c1ccc(SCC(=O)Nc2ccc(Br)cc2F)c([N+](=O)[O-])c1. The summed E-state index contributed by atoms with van der Waals surface area (Å²) in [4.78, 5) is 33.7. The smallest absolute Gasteiger partial charge is 0.283 e. The molecule has 0 heterocycles. The van der Waals surface area contributed by atoms with Crippen LogP contribution in [-0.2, 0) is 4.79 Å². The molecule has 0 radical (unpaired) electrons. The second-order valence-electron chi connectivity index (χ2n) is 4.76. The van der Waals surface area contributed by atoms with E-state index in [2.05, 4.69) is 21.2 Å². The number of carbonyl (C=O) groups is 2. The van der Waals surface area contributed by atoms with E-state index in [9.17, 15) is 24.1 Å². The molecule has 0 saturated carbocycles. The predicted molar refractivity (Wildman–Crippen MR) is 95.1 cm³/mol. The highest BCUT2D eigenvalue weighted by molar-refractivity contribution is 9.10. The van der Waals surface area contributed by atoms with Crippen molar-refractivity contribution in [3.63, 3.8) is 0 Å². The molecule has 0 aliphatic heterocycles. The van der Waals surface area contributed by atoms with Crippen molar-refractivity contribution in [1.82, 2.24) is 0 Å². The quantitative estimate of drug-likeness (QED) is 0.416. The van der Waals surface area contributed by atoms with Crippen molar-refractivity contribution >= 4 is 50.9 Å². The van der Waals surface area contributed by atoms with Crippen molar-refractivity contribution in [3.8, 4) is 0 Å². The fraction of sp³-hybridized carbons (Fsp3) is 0.0667. The van der Waals surface area contributed by atoms with Gasteiger partial charge in [-0.15, -0.1) is 11.8 Å². The van der Waals surface area contributed by atoms with E-state index in [1.807, 2.05) is 0 Å². The number of hydrogen-bond donors (Lipinski definition) is 2. The molecule has 10 heteroatoms. The van der Waals surface area contributed by atoms with Gasteiger partial charge in [-0.1, -0.05) is 15.9 Å². The summed E-state index contributed by atoms with van der Waals surface area (Å²) >= 11 is 4.00. The predicted octanol–water partition coefficient (Wildman–Crippen LogP) is 3.33. The summed E-state index contributed by atoms with van der Waals surface area (Å²) in [6, 6.07) is 7.90. The Morgan fingerprint density at radius 3 is 2.60 bits per heavy atom. The number of thioether (sulfide) groups is 1. The molecule has 0 spiro atoms. The van der Waals surface area contributed by atoms with Gasteiger partial charge in [0.2, 0.25) is 11.8 Å². The second kappa shape index (κ2) is 8.08. The number of nitrogens with two attached hydrogens (primary N) is 1. The van der Waals surface area contributed by atoms with Gasteiger partial charge in [-0.3, -0.25) is 19.7 Å². The van der Waals surface area contributed by atoms with Crippen LogP contribution in [0.4, 0.5) is 15.8 Å². The van der Waals surface area contributed by atoms with Crippen LogP contribution >= 0.6 is 27.7 Å². The third-order valence-electron chi connectivity index (χ3n) is 3.00. The molecular formula is C15H11BrFN3O4S. The molecule has 130 valence electrons. The highest BCUT2D eigenvalue weighted by Crippen LogP contribution is 2.30. The number of primary amides is 1. The van der Waals surface area contributed by atoms with Gasteiger partial charge in [0, 0.05) is 16.1 Å². The van der Waals surface area contributed by atoms with E-state index in [1.165, 1.54) is 24.3 Å². The first kappa shape index (κ1) is 18.9. The van der Waals surface area contributed by atoms with Crippen LogP contribution in [0.2, 0.25) is 0 Å². The molecule has 2 aromatic carbocycles.